The lowest BCUT2D eigenvalue weighted by Crippen LogP contribution is -2.45. The van der Waals surface area contributed by atoms with Crippen molar-refractivity contribution in [3.05, 3.63) is 69.7 Å². The molecule has 172 valence electrons. The first-order valence-corrected chi connectivity index (χ1v) is 11.0. The third-order valence-corrected chi connectivity index (χ3v) is 5.99. The van der Waals surface area contributed by atoms with Crippen LogP contribution in [0.2, 0.25) is 5.02 Å². The number of likely N-dealkylation sites (tertiary alicyclic amines) is 1. The normalized spacial score (nSPS) is 17.8. The fraction of sp³-hybridized carbons (Fsp3) is 0.304. The van der Waals surface area contributed by atoms with Crippen molar-refractivity contribution in [1.29, 1.82) is 0 Å². The second kappa shape index (κ2) is 9.11. The summed E-state index contributed by atoms with van der Waals surface area (Å²) < 4.78 is 3.32. The quantitative estimate of drug-likeness (QED) is 0.612. The largest absolute Gasteiger partial charge is 0.324 e. The number of nitrogens with zero attached hydrogens (tertiary/aromatic N) is 4. The molecule has 3 aromatic rings. The van der Waals surface area contributed by atoms with E-state index >= 15 is 0 Å². The topological polar surface area (TPSA) is 101 Å². The van der Waals surface area contributed by atoms with E-state index in [1.165, 1.54) is 11.1 Å². The molecule has 1 aliphatic rings. The monoisotopic (exact) mass is 468 g/mol. The van der Waals surface area contributed by atoms with E-state index in [-0.39, 0.29) is 23.4 Å². The van der Waals surface area contributed by atoms with E-state index in [2.05, 4.69) is 15.6 Å². The van der Waals surface area contributed by atoms with Gasteiger partial charge in [-0.3, -0.25) is 19.6 Å². The number of carbonyl (C=O) groups is 2. The Morgan fingerprint density at radius 1 is 1.12 bits per heavy atom. The highest BCUT2D eigenvalue weighted by Crippen LogP contribution is 2.25. The summed E-state index contributed by atoms with van der Waals surface area (Å²) in [6, 6.07) is 10.8. The molecule has 1 saturated heterocycles. The Hall–Kier alpha value is -3.59. The molecule has 0 radical (unpaired) electrons. The molecule has 0 bridgehead atoms. The van der Waals surface area contributed by atoms with Crippen LogP contribution in [0.4, 0.5) is 16.3 Å². The van der Waals surface area contributed by atoms with Crippen LogP contribution >= 0.6 is 11.6 Å². The Bertz CT molecular complexity index is 1230. The predicted octanol–water partition coefficient (Wildman–Crippen LogP) is 3.41. The molecule has 0 aliphatic carbocycles. The van der Waals surface area contributed by atoms with Crippen LogP contribution in [0.25, 0.3) is 5.69 Å². The highest BCUT2D eigenvalue weighted by molar-refractivity contribution is 6.30. The van der Waals surface area contributed by atoms with Crippen molar-refractivity contribution in [3.8, 4) is 5.69 Å². The molecule has 9 nitrogen and oxygen atoms in total. The first-order chi connectivity index (χ1) is 15.7. The number of benzene rings is 1. The Morgan fingerprint density at radius 3 is 2.45 bits per heavy atom. The van der Waals surface area contributed by atoms with Crippen LogP contribution in [0, 0.1) is 12.8 Å². The maximum atomic E-state index is 13.0. The summed E-state index contributed by atoms with van der Waals surface area (Å²) in [7, 11) is 1.81. The van der Waals surface area contributed by atoms with Crippen LogP contribution in [0.15, 0.2) is 53.5 Å². The second-order valence-corrected chi connectivity index (χ2v) is 8.73. The minimum Gasteiger partial charge on any atom is -0.324 e. The minimum atomic E-state index is -0.606. The molecule has 1 aromatic carbocycles. The molecule has 0 spiro atoms. The molecule has 4 rings (SSSR count). The number of aromatic nitrogens is 3. The number of amides is 3. The summed E-state index contributed by atoms with van der Waals surface area (Å²) in [6.45, 7) is 4.33. The van der Waals surface area contributed by atoms with E-state index in [9.17, 15) is 14.4 Å². The van der Waals surface area contributed by atoms with Crippen molar-refractivity contribution < 1.29 is 9.59 Å². The average molecular weight is 469 g/mol. The first kappa shape index (κ1) is 22.6. The number of aryl methyl sites for hydroxylation is 1. The van der Waals surface area contributed by atoms with Gasteiger partial charge in [-0.25, -0.2) is 14.5 Å². The molecule has 3 heterocycles. The smallest absolute Gasteiger partial charge is 0.323 e. The SMILES string of the molecule is Cc1cc(=O)n(-c2ccc(NC(=O)C3CC(C)CN3C(=O)Nc3ccc(Cl)cn3)cc2)n1C. The van der Waals surface area contributed by atoms with Crippen molar-refractivity contribution in [2.75, 3.05) is 17.2 Å². The van der Waals surface area contributed by atoms with Gasteiger partial charge in [-0.1, -0.05) is 18.5 Å². The van der Waals surface area contributed by atoms with Crippen LogP contribution in [0.3, 0.4) is 0 Å². The Labute approximate surface area is 196 Å². The number of urea groups is 1. The van der Waals surface area contributed by atoms with Gasteiger partial charge in [0.25, 0.3) is 5.56 Å². The fourth-order valence-corrected chi connectivity index (χ4v) is 4.11. The van der Waals surface area contributed by atoms with E-state index in [1.807, 2.05) is 20.9 Å². The van der Waals surface area contributed by atoms with Crippen molar-refractivity contribution in [3.63, 3.8) is 0 Å². The molecule has 0 saturated carbocycles. The van der Waals surface area contributed by atoms with Crippen LogP contribution in [-0.4, -0.2) is 43.8 Å². The van der Waals surface area contributed by atoms with E-state index in [0.717, 1.165) is 5.69 Å². The van der Waals surface area contributed by atoms with Gasteiger partial charge in [-0.05, 0) is 55.7 Å². The minimum absolute atomic E-state index is 0.122. The van der Waals surface area contributed by atoms with Gasteiger partial charge in [0.1, 0.15) is 11.9 Å². The number of carbonyl (C=O) groups excluding carboxylic acids is 2. The Morgan fingerprint density at radius 2 is 1.85 bits per heavy atom. The van der Waals surface area contributed by atoms with Gasteiger partial charge < -0.3 is 10.2 Å². The average Bonchev–Trinajstić information content (AvgIpc) is 3.29. The molecule has 33 heavy (non-hydrogen) atoms. The molecule has 10 heteroatoms. The number of anilines is 2. The van der Waals surface area contributed by atoms with Gasteiger partial charge >= 0.3 is 6.03 Å². The van der Waals surface area contributed by atoms with Gasteiger partial charge in [0.2, 0.25) is 5.91 Å². The third kappa shape index (κ3) is 4.78. The number of halogens is 1. The maximum Gasteiger partial charge on any atom is 0.323 e. The van der Waals surface area contributed by atoms with E-state index in [4.69, 9.17) is 11.6 Å². The maximum absolute atomic E-state index is 13.0. The van der Waals surface area contributed by atoms with Gasteiger partial charge in [0, 0.05) is 37.2 Å². The highest BCUT2D eigenvalue weighted by Gasteiger charge is 2.38. The zero-order chi connectivity index (χ0) is 23.7. The number of rotatable bonds is 4. The van der Waals surface area contributed by atoms with Crippen LogP contribution in [0.1, 0.15) is 19.0 Å². The summed E-state index contributed by atoms with van der Waals surface area (Å²) in [6.07, 6.45) is 2.01. The van der Waals surface area contributed by atoms with Crippen molar-refractivity contribution in [1.82, 2.24) is 19.2 Å². The summed E-state index contributed by atoms with van der Waals surface area (Å²) in [5, 5.41) is 6.08. The molecule has 3 amide bonds. The Kier molecular flexibility index (Phi) is 6.24. The number of hydrogen-bond donors (Lipinski definition) is 2. The molecule has 1 fully saturated rings. The zero-order valence-corrected chi connectivity index (χ0v) is 19.3. The first-order valence-electron chi connectivity index (χ1n) is 10.6. The highest BCUT2D eigenvalue weighted by atomic mass is 35.5. The molecular weight excluding hydrogens is 444 g/mol. The van der Waals surface area contributed by atoms with Gasteiger partial charge in [-0.15, -0.1) is 0 Å². The fourth-order valence-electron chi connectivity index (χ4n) is 4.00. The van der Waals surface area contributed by atoms with Gasteiger partial charge in [0.05, 0.1) is 10.7 Å². The predicted molar refractivity (Wildman–Crippen MR) is 127 cm³/mol. The number of nitrogens with one attached hydrogen (secondary N) is 2. The van der Waals surface area contributed by atoms with Crippen LogP contribution < -0.4 is 16.2 Å². The van der Waals surface area contributed by atoms with Crippen molar-refractivity contribution in [2.45, 2.75) is 26.3 Å². The lowest BCUT2D eigenvalue weighted by atomic mass is 10.1. The lowest BCUT2D eigenvalue weighted by molar-refractivity contribution is -0.119. The van der Waals surface area contributed by atoms with Crippen LogP contribution in [0.5, 0.6) is 0 Å². The molecule has 2 N–H and O–H groups in total. The molecule has 2 aromatic heterocycles. The molecule has 2 unspecified atom stereocenters. The third-order valence-electron chi connectivity index (χ3n) is 5.77. The zero-order valence-electron chi connectivity index (χ0n) is 18.6. The standard InChI is InChI=1S/C23H25ClN6O3/c1-14-10-19(29(13-14)23(33)27-20-9-4-16(24)12-25-20)22(32)26-17-5-7-18(8-6-17)30-21(31)11-15(2)28(30)3/h4-9,11-12,14,19H,10,13H2,1-3H3,(H,26,32)(H,25,27,33). The molecule has 2 atom stereocenters. The summed E-state index contributed by atoms with van der Waals surface area (Å²) in [5.41, 5.74) is 2.00. The number of hydrogen-bond acceptors (Lipinski definition) is 4. The lowest BCUT2D eigenvalue weighted by Gasteiger charge is -2.24. The van der Waals surface area contributed by atoms with Gasteiger partial charge in [-0.2, -0.15) is 0 Å². The second-order valence-electron chi connectivity index (χ2n) is 8.30. The van der Waals surface area contributed by atoms with E-state index in [0.29, 0.717) is 35.2 Å². The van der Waals surface area contributed by atoms with Crippen molar-refractivity contribution in [2.24, 2.45) is 13.0 Å². The molecule has 1 aliphatic heterocycles. The summed E-state index contributed by atoms with van der Waals surface area (Å²) in [4.78, 5) is 43.6. The number of pyridine rings is 1. The van der Waals surface area contributed by atoms with E-state index in [1.54, 1.807) is 51.8 Å². The molecular formula is C23H25ClN6O3. The van der Waals surface area contributed by atoms with Crippen LogP contribution in [-0.2, 0) is 11.8 Å². The summed E-state index contributed by atoms with van der Waals surface area (Å²) >= 11 is 5.84. The summed E-state index contributed by atoms with van der Waals surface area (Å²) in [5.74, 6) is 0.280. The van der Waals surface area contributed by atoms with E-state index < -0.39 is 6.04 Å². The van der Waals surface area contributed by atoms with Crippen molar-refractivity contribution >= 4 is 35.0 Å². The Balaban J connectivity index is 1.45. The van der Waals surface area contributed by atoms with Gasteiger partial charge in [0.15, 0.2) is 0 Å².